The SMILES string of the molecule is CCc1ccccc1N1CC(c2nnc(NC(=O)c3cc(-c4ccccc4)nc4ccccc34)s2)CC1=O. The summed E-state index contributed by atoms with van der Waals surface area (Å²) in [5, 5.41) is 13.4. The summed E-state index contributed by atoms with van der Waals surface area (Å²) in [7, 11) is 0. The Bertz CT molecular complexity index is 1650. The fourth-order valence-corrected chi connectivity index (χ4v) is 5.74. The largest absolute Gasteiger partial charge is 0.311 e. The van der Waals surface area contributed by atoms with Crippen LogP contribution in [0.15, 0.2) is 84.9 Å². The molecule has 3 heterocycles. The first kappa shape index (κ1) is 23.9. The van der Waals surface area contributed by atoms with Crippen molar-refractivity contribution in [3.05, 3.63) is 101 Å². The minimum absolute atomic E-state index is 0.0676. The lowest BCUT2D eigenvalue weighted by Crippen LogP contribution is -2.25. The fraction of sp³-hybridized carbons (Fsp3) is 0.167. The van der Waals surface area contributed by atoms with Gasteiger partial charge in [0.2, 0.25) is 11.0 Å². The molecule has 1 unspecified atom stereocenters. The quantitative estimate of drug-likeness (QED) is 0.293. The molecule has 6 rings (SSSR count). The van der Waals surface area contributed by atoms with Crippen molar-refractivity contribution in [2.45, 2.75) is 25.7 Å². The first-order chi connectivity index (χ1) is 18.6. The van der Waals surface area contributed by atoms with Crippen LogP contribution in [0.2, 0.25) is 0 Å². The topological polar surface area (TPSA) is 88.1 Å². The van der Waals surface area contributed by atoms with E-state index in [-0.39, 0.29) is 17.7 Å². The van der Waals surface area contributed by atoms with Gasteiger partial charge in [-0.25, -0.2) is 4.98 Å². The van der Waals surface area contributed by atoms with Gasteiger partial charge in [0.15, 0.2) is 0 Å². The molecule has 5 aromatic rings. The van der Waals surface area contributed by atoms with E-state index in [0.717, 1.165) is 44.8 Å². The third-order valence-corrected chi connectivity index (χ3v) is 7.83. The molecule has 1 aliphatic rings. The zero-order valence-corrected chi connectivity index (χ0v) is 21.6. The van der Waals surface area contributed by atoms with E-state index in [9.17, 15) is 9.59 Å². The highest BCUT2D eigenvalue weighted by Crippen LogP contribution is 2.36. The number of fused-ring (bicyclic) bond motifs is 1. The average Bonchev–Trinajstić information content (AvgIpc) is 3.59. The zero-order chi connectivity index (χ0) is 26.1. The summed E-state index contributed by atoms with van der Waals surface area (Å²) in [6, 6.07) is 27.2. The van der Waals surface area contributed by atoms with E-state index in [2.05, 4.69) is 28.5 Å². The maximum atomic E-state index is 13.4. The van der Waals surface area contributed by atoms with Gasteiger partial charge in [-0.1, -0.05) is 85.0 Å². The number of hydrogen-bond donors (Lipinski definition) is 1. The Labute approximate surface area is 224 Å². The predicted octanol–water partition coefficient (Wildman–Crippen LogP) is 6.09. The van der Waals surface area contributed by atoms with Gasteiger partial charge in [0.25, 0.3) is 5.91 Å². The molecule has 1 saturated heterocycles. The van der Waals surface area contributed by atoms with Gasteiger partial charge >= 0.3 is 0 Å². The molecule has 1 aliphatic heterocycles. The molecule has 3 aromatic carbocycles. The van der Waals surface area contributed by atoms with Crippen molar-refractivity contribution in [1.29, 1.82) is 0 Å². The van der Waals surface area contributed by atoms with Crippen molar-refractivity contribution in [2.75, 3.05) is 16.8 Å². The number of aromatic nitrogens is 3. The van der Waals surface area contributed by atoms with Gasteiger partial charge in [0, 0.05) is 35.5 Å². The maximum absolute atomic E-state index is 13.4. The van der Waals surface area contributed by atoms with E-state index in [0.29, 0.717) is 23.7 Å². The van der Waals surface area contributed by atoms with Crippen LogP contribution in [0.1, 0.15) is 40.2 Å². The van der Waals surface area contributed by atoms with E-state index in [1.807, 2.05) is 83.8 Å². The van der Waals surface area contributed by atoms with E-state index in [1.165, 1.54) is 11.3 Å². The maximum Gasteiger partial charge on any atom is 0.258 e. The highest BCUT2D eigenvalue weighted by atomic mass is 32.1. The predicted molar refractivity (Wildman–Crippen MR) is 151 cm³/mol. The number of hydrogen-bond acceptors (Lipinski definition) is 6. The second-order valence-corrected chi connectivity index (χ2v) is 10.2. The molecule has 188 valence electrons. The first-order valence-electron chi connectivity index (χ1n) is 12.6. The van der Waals surface area contributed by atoms with E-state index in [1.54, 1.807) is 0 Å². The smallest absolute Gasteiger partial charge is 0.258 e. The lowest BCUT2D eigenvalue weighted by molar-refractivity contribution is -0.117. The number of nitrogens with one attached hydrogen (secondary N) is 1. The van der Waals surface area contributed by atoms with Crippen molar-refractivity contribution in [2.24, 2.45) is 0 Å². The van der Waals surface area contributed by atoms with Crippen LogP contribution in [-0.4, -0.2) is 33.5 Å². The number of carbonyl (C=O) groups excluding carboxylic acids is 2. The van der Waals surface area contributed by atoms with Gasteiger partial charge in [-0.3, -0.25) is 14.9 Å². The highest BCUT2D eigenvalue weighted by molar-refractivity contribution is 7.15. The number of pyridine rings is 1. The van der Waals surface area contributed by atoms with Gasteiger partial charge < -0.3 is 4.90 Å². The van der Waals surface area contributed by atoms with Crippen molar-refractivity contribution in [1.82, 2.24) is 15.2 Å². The number of aryl methyl sites for hydroxylation is 1. The lowest BCUT2D eigenvalue weighted by atomic mass is 10.0. The van der Waals surface area contributed by atoms with Crippen LogP contribution in [0.4, 0.5) is 10.8 Å². The Balaban J connectivity index is 1.24. The van der Waals surface area contributed by atoms with Gasteiger partial charge in [-0.05, 0) is 30.2 Å². The molecule has 8 heteroatoms. The molecule has 2 aromatic heterocycles. The second kappa shape index (κ2) is 10.1. The molecule has 1 N–H and O–H groups in total. The Morgan fingerprint density at radius 1 is 1.00 bits per heavy atom. The Hall–Kier alpha value is -4.43. The number of amides is 2. The molecule has 0 aliphatic carbocycles. The van der Waals surface area contributed by atoms with E-state index < -0.39 is 0 Å². The van der Waals surface area contributed by atoms with Crippen LogP contribution in [-0.2, 0) is 11.2 Å². The fourth-order valence-electron chi connectivity index (χ4n) is 4.91. The van der Waals surface area contributed by atoms with Gasteiger partial charge in [-0.2, -0.15) is 0 Å². The van der Waals surface area contributed by atoms with Crippen LogP contribution in [0.5, 0.6) is 0 Å². The molecule has 0 spiro atoms. The third-order valence-electron chi connectivity index (χ3n) is 6.83. The summed E-state index contributed by atoms with van der Waals surface area (Å²) in [5.41, 5.74) is 5.03. The Kier molecular flexibility index (Phi) is 6.39. The summed E-state index contributed by atoms with van der Waals surface area (Å²) in [6.07, 6.45) is 1.23. The molecular formula is C30H25N5O2S. The molecule has 38 heavy (non-hydrogen) atoms. The normalized spacial score (nSPS) is 15.2. The number of rotatable bonds is 6. The van der Waals surface area contributed by atoms with Crippen molar-refractivity contribution < 1.29 is 9.59 Å². The number of benzene rings is 3. The molecule has 2 amide bonds. The molecule has 1 fully saturated rings. The number of para-hydroxylation sites is 2. The monoisotopic (exact) mass is 519 g/mol. The minimum Gasteiger partial charge on any atom is -0.311 e. The molecule has 1 atom stereocenters. The number of carbonyl (C=O) groups is 2. The summed E-state index contributed by atoms with van der Waals surface area (Å²) in [4.78, 5) is 32.9. The Morgan fingerprint density at radius 3 is 2.61 bits per heavy atom. The number of nitrogens with zero attached hydrogens (tertiary/aromatic N) is 4. The van der Waals surface area contributed by atoms with Crippen LogP contribution >= 0.6 is 11.3 Å². The second-order valence-electron chi connectivity index (χ2n) is 9.23. The molecule has 0 saturated carbocycles. The molecule has 7 nitrogen and oxygen atoms in total. The van der Waals surface area contributed by atoms with Crippen molar-refractivity contribution in [3.63, 3.8) is 0 Å². The summed E-state index contributed by atoms with van der Waals surface area (Å²) >= 11 is 1.32. The number of anilines is 2. The van der Waals surface area contributed by atoms with E-state index in [4.69, 9.17) is 4.98 Å². The minimum atomic E-state index is -0.274. The van der Waals surface area contributed by atoms with Gasteiger partial charge in [0.1, 0.15) is 5.01 Å². The van der Waals surface area contributed by atoms with E-state index >= 15 is 0 Å². The zero-order valence-electron chi connectivity index (χ0n) is 20.8. The van der Waals surface area contributed by atoms with Crippen LogP contribution in [0.3, 0.4) is 0 Å². The highest BCUT2D eigenvalue weighted by Gasteiger charge is 2.34. The van der Waals surface area contributed by atoms with Crippen LogP contribution in [0, 0.1) is 0 Å². The van der Waals surface area contributed by atoms with Gasteiger partial charge in [0.05, 0.1) is 16.8 Å². The third kappa shape index (κ3) is 4.54. The lowest BCUT2D eigenvalue weighted by Gasteiger charge is -2.19. The molecular weight excluding hydrogens is 494 g/mol. The molecule has 0 bridgehead atoms. The summed E-state index contributed by atoms with van der Waals surface area (Å²) in [5.74, 6) is -0.264. The van der Waals surface area contributed by atoms with Crippen LogP contribution in [0.25, 0.3) is 22.2 Å². The Morgan fingerprint density at radius 2 is 1.76 bits per heavy atom. The van der Waals surface area contributed by atoms with Crippen molar-refractivity contribution in [3.8, 4) is 11.3 Å². The summed E-state index contributed by atoms with van der Waals surface area (Å²) in [6.45, 7) is 2.64. The molecule has 0 radical (unpaired) electrons. The van der Waals surface area contributed by atoms with Gasteiger partial charge in [-0.15, -0.1) is 10.2 Å². The van der Waals surface area contributed by atoms with Crippen molar-refractivity contribution >= 4 is 44.9 Å². The standard InChI is InChI=1S/C30H25N5O2S/c1-2-19-10-6-9-15-26(19)35-18-21(16-27(35)36)29-33-34-30(38-29)32-28(37)23-17-25(20-11-4-3-5-12-20)31-24-14-8-7-13-22(23)24/h3-15,17,21H,2,16,18H2,1H3,(H,32,34,37). The first-order valence-corrected chi connectivity index (χ1v) is 13.4. The average molecular weight is 520 g/mol. The summed E-state index contributed by atoms with van der Waals surface area (Å²) < 4.78 is 0. The van der Waals surface area contributed by atoms with Crippen LogP contribution < -0.4 is 10.2 Å².